The molecule has 0 radical (unpaired) electrons. The molecule has 2 N–H and O–H groups in total. The molecule has 3 aliphatic rings. The lowest BCUT2D eigenvalue weighted by atomic mass is 9.92. The Labute approximate surface area is 168 Å². The van der Waals surface area contributed by atoms with Gasteiger partial charge in [-0.05, 0) is 69.5 Å². The molecule has 1 spiro atoms. The monoisotopic (exact) mass is 394 g/mol. The summed E-state index contributed by atoms with van der Waals surface area (Å²) in [6, 6.07) is 5.92. The number of benzene rings is 1. The van der Waals surface area contributed by atoms with E-state index in [9.17, 15) is 4.79 Å². The first kappa shape index (κ1) is 20.3. The number of hydrogen-bond acceptors (Lipinski definition) is 4. The lowest BCUT2D eigenvalue weighted by Crippen LogP contribution is -2.33. The molecule has 150 valence electrons. The highest BCUT2D eigenvalue weighted by Crippen LogP contribution is 2.58. The molecular weight excluding hydrogens is 364 g/mol. The molecule has 27 heavy (non-hydrogen) atoms. The molecule has 1 amide bonds. The summed E-state index contributed by atoms with van der Waals surface area (Å²) in [5.74, 6) is 1.94. The van der Waals surface area contributed by atoms with Crippen LogP contribution in [0.2, 0.25) is 0 Å². The van der Waals surface area contributed by atoms with Gasteiger partial charge in [0.2, 0.25) is 5.91 Å². The minimum Gasteiger partial charge on any atom is -0.493 e. The van der Waals surface area contributed by atoms with Gasteiger partial charge in [-0.15, -0.1) is 12.4 Å². The second kappa shape index (κ2) is 8.70. The van der Waals surface area contributed by atoms with E-state index in [1.54, 1.807) is 7.11 Å². The second-order valence-corrected chi connectivity index (χ2v) is 8.06. The fourth-order valence-corrected chi connectivity index (χ4v) is 4.67. The number of piperidine rings is 1. The summed E-state index contributed by atoms with van der Waals surface area (Å²) in [6.07, 6.45) is 8.21. The van der Waals surface area contributed by atoms with Crippen molar-refractivity contribution in [1.82, 2.24) is 10.6 Å². The van der Waals surface area contributed by atoms with E-state index in [2.05, 4.69) is 10.6 Å². The largest absolute Gasteiger partial charge is 0.493 e. The average molecular weight is 395 g/mol. The Balaban J connectivity index is 0.00000210. The van der Waals surface area contributed by atoms with E-state index in [0.29, 0.717) is 6.54 Å². The molecule has 3 fully saturated rings. The highest BCUT2D eigenvalue weighted by atomic mass is 35.5. The van der Waals surface area contributed by atoms with Crippen LogP contribution in [-0.2, 0) is 11.3 Å². The zero-order valence-corrected chi connectivity index (χ0v) is 16.9. The predicted molar refractivity (Wildman–Crippen MR) is 108 cm³/mol. The summed E-state index contributed by atoms with van der Waals surface area (Å²) in [5, 5.41) is 6.54. The number of para-hydroxylation sites is 1. The summed E-state index contributed by atoms with van der Waals surface area (Å²) < 4.78 is 11.8. The van der Waals surface area contributed by atoms with Crippen LogP contribution in [-0.4, -0.2) is 32.2 Å². The van der Waals surface area contributed by atoms with Crippen LogP contribution < -0.4 is 20.1 Å². The number of nitrogens with one attached hydrogen (secondary N) is 2. The molecule has 4 rings (SSSR count). The molecule has 2 aliphatic carbocycles. The molecule has 1 atom stereocenters. The summed E-state index contributed by atoms with van der Waals surface area (Å²) in [7, 11) is 1.67. The van der Waals surface area contributed by atoms with Gasteiger partial charge in [0.25, 0.3) is 0 Å². The SMILES string of the molecule is COc1cccc(CNC(=O)C2CC23CCNCC3)c1OC1CCCC1.Cl. The van der Waals surface area contributed by atoms with Crippen molar-refractivity contribution in [1.29, 1.82) is 0 Å². The fourth-order valence-electron chi connectivity index (χ4n) is 4.67. The molecule has 1 aliphatic heterocycles. The van der Waals surface area contributed by atoms with E-state index >= 15 is 0 Å². The van der Waals surface area contributed by atoms with Crippen LogP contribution in [0.3, 0.4) is 0 Å². The summed E-state index contributed by atoms with van der Waals surface area (Å²) in [6.45, 7) is 2.58. The third-order valence-corrected chi connectivity index (χ3v) is 6.43. The molecule has 1 heterocycles. The lowest BCUT2D eigenvalue weighted by Gasteiger charge is -2.23. The maximum Gasteiger partial charge on any atom is 0.223 e. The standard InChI is InChI=1S/C21H30N2O3.ClH/c1-25-18-8-4-5-15(19(18)26-16-6-2-3-7-16)14-23-20(24)17-13-21(17)9-11-22-12-10-21;/h4-5,8,16-17,22H,2-3,6-7,9-14H2,1H3,(H,23,24);1H. The van der Waals surface area contributed by atoms with Crippen LogP contribution in [0.25, 0.3) is 0 Å². The maximum atomic E-state index is 12.7. The van der Waals surface area contributed by atoms with Crippen LogP contribution in [0.5, 0.6) is 11.5 Å². The molecule has 2 saturated carbocycles. The Morgan fingerprint density at radius 2 is 2.00 bits per heavy atom. The molecule has 1 aromatic carbocycles. The molecule has 0 bridgehead atoms. The normalized spacial score (nSPS) is 23.5. The molecule has 1 saturated heterocycles. The number of carbonyl (C=O) groups excluding carboxylic acids is 1. The highest BCUT2D eigenvalue weighted by Gasteiger charge is 2.57. The first-order valence-electron chi connectivity index (χ1n) is 10.0. The van der Waals surface area contributed by atoms with E-state index in [1.807, 2.05) is 18.2 Å². The van der Waals surface area contributed by atoms with Crippen molar-refractivity contribution in [2.75, 3.05) is 20.2 Å². The molecule has 1 aromatic rings. The Morgan fingerprint density at radius 1 is 1.26 bits per heavy atom. The molecular formula is C21H31ClN2O3. The summed E-state index contributed by atoms with van der Waals surface area (Å²) >= 11 is 0. The predicted octanol–water partition coefficient (Wildman–Crippen LogP) is 3.44. The fraction of sp³-hybridized carbons (Fsp3) is 0.667. The third-order valence-electron chi connectivity index (χ3n) is 6.43. The summed E-state index contributed by atoms with van der Waals surface area (Å²) in [4.78, 5) is 12.7. The van der Waals surface area contributed by atoms with Gasteiger partial charge in [0.1, 0.15) is 0 Å². The first-order valence-corrected chi connectivity index (χ1v) is 10.0. The van der Waals surface area contributed by atoms with Crippen molar-refractivity contribution in [3.05, 3.63) is 23.8 Å². The number of ether oxygens (including phenoxy) is 2. The van der Waals surface area contributed by atoms with Gasteiger partial charge in [-0.1, -0.05) is 12.1 Å². The topological polar surface area (TPSA) is 59.6 Å². The minimum absolute atomic E-state index is 0. The first-order chi connectivity index (χ1) is 12.7. The highest BCUT2D eigenvalue weighted by molar-refractivity contribution is 5.85. The zero-order valence-electron chi connectivity index (χ0n) is 16.1. The molecule has 5 nitrogen and oxygen atoms in total. The van der Waals surface area contributed by atoms with Crippen LogP contribution >= 0.6 is 12.4 Å². The lowest BCUT2D eigenvalue weighted by molar-refractivity contribution is -0.123. The van der Waals surface area contributed by atoms with Gasteiger partial charge < -0.3 is 20.1 Å². The Kier molecular flexibility index (Phi) is 6.53. The Bertz CT molecular complexity index is 655. The third kappa shape index (κ3) is 4.35. The van der Waals surface area contributed by atoms with Gasteiger partial charge in [-0.25, -0.2) is 0 Å². The van der Waals surface area contributed by atoms with Gasteiger partial charge in [0.15, 0.2) is 11.5 Å². The van der Waals surface area contributed by atoms with Gasteiger partial charge in [-0.2, -0.15) is 0 Å². The number of rotatable bonds is 6. The van der Waals surface area contributed by atoms with E-state index in [0.717, 1.165) is 62.3 Å². The maximum absolute atomic E-state index is 12.7. The van der Waals surface area contributed by atoms with Crippen molar-refractivity contribution >= 4 is 18.3 Å². The number of amides is 1. The van der Waals surface area contributed by atoms with Crippen molar-refractivity contribution in [3.63, 3.8) is 0 Å². The van der Waals surface area contributed by atoms with Crippen molar-refractivity contribution < 1.29 is 14.3 Å². The Morgan fingerprint density at radius 3 is 2.70 bits per heavy atom. The number of methoxy groups -OCH3 is 1. The van der Waals surface area contributed by atoms with Crippen LogP contribution in [0, 0.1) is 11.3 Å². The van der Waals surface area contributed by atoms with Gasteiger partial charge >= 0.3 is 0 Å². The number of carbonyl (C=O) groups is 1. The van der Waals surface area contributed by atoms with E-state index in [4.69, 9.17) is 9.47 Å². The number of hydrogen-bond donors (Lipinski definition) is 2. The Hall–Kier alpha value is -1.46. The van der Waals surface area contributed by atoms with E-state index in [-0.39, 0.29) is 35.8 Å². The summed E-state index contributed by atoms with van der Waals surface area (Å²) in [5.41, 5.74) is 1.27. The van der Waals surface area contributed by atoms with Crippen LogP contribution in [0.4, 0.5) is 0 Å². The van der Waals surface area contributed by atoms with Gasteiger partial charge in [0.05, 0.1) is 13.2 Å². The average Bonchev–Trinajstić information content (AvgIpc) is 3.11. The zero-order chi connectivity index (χ0) is 18.0. The van der Waals surface area contributed by atoms with Gasteiger partial charge in [-0.3, -0.25) is 4.79 Å². The minimum atomic E-state index is 0. The van der Waals surface area contributed by atoms with E-state index in [1.165, 1.54) is 12.8 Å². The van der Waals surface area contributed by atoms with Gasteiger partial charge in [0, 0.05) is 18.0 Å². The smallest absolute Gasteiger partial charge is 0.223 e. The molecule has 0 aromatic heterocycles. The van der Waals surface area contributed by atoms with Crippen molar-refractivity contribution in [3.8, 4) is 11.5 Å². The quantitative estimate of drug-likeness (QED) is 0.775. The van der Waals surface area contributed by atoms with Crippen molar-refractivity contribution in [2.45, 2.75) is 57.6 Å². The van der Waals surface area contributed by atoms with Crippen LogP contribution in [0.1, 0.15) is 50.5 Å². The van der Waals surface area contributed by atoms with Crippen molar-refractivity contribution in [2.24, 2.45) is 11.3 Å². The second-order valence-electron chi connectivity index (χ2n) is 8.06. The number of halogens is 1. The van der Waals surface area contributed by atoms with Crippen LogP contribution in [0.15, 0.2) is 18.2 Å². The molecule has 1 unspecified atom stereocenters. The molecule has 6 heteroatoms. The van der Waals surface area contributed by atoms with E-state index < -0.39 is 0 Å².